The van der Waals surface area contributed by atoms with E-state index in [0.717, 1.165) is 12.8 Å². The molecule has 0 radical (unpaired) electrons. The summed E-state index contributed by atoms with van der Waals surface area (Å²) in [7, 11) is 0. The van der Waals surface area contributed by atoms with Gasteiger partial charge in [-0.25, -0.2) is 0 Å². The van der Waals surface area contributed by atoms with E-state index in [4.69, 9.17) is 0 Å². The summed E-state index contributed by atoms with van der Waals surface area (Å²) < 4.78 is 0. The zero-order chi connectivity index (χ0) is 11.5. The van der Waals surface area contributed by atoms with Crippen LogP contribution in [0.15, 0.2) is 30.3 Å². The third-order valence-corrected chi connectivity index (χ3v) is 3.36. The average Bonchev–Trinajstić information content (AvgIpc) is 3.10. The standard InChI is InChI=1S/C14H19NO/c1-3-10(2)15-14(16)13-9-12(13)11-7-5-4-6-8-11/h4-8,10,12-13H,3,9H2,1-2H3,(H,15,16). The summed E-state index contributed by atoms with van der Waals surface area (Å²) in [5.74, 6) is 0.879. The van der Waals surface area contributed by atoms with Crippen molar-refractivity contribution < 1.29 is 4.79 Å². The summed E-state index contributed by atoms with van der Waals surface area (Å²) in [6, 6.07) is 10.6. The topological polar surface area (TPSA) is 29.1 Å². The minimum atomic E-state index is 0.205. The molecule has 86 valence electrons. The SMILES string of the molecule is CCC(C)NC(=O)C1CC1c1ccccc1. The van der Waals surface area contributed by atoms with Crippen LogP contribution < -0.4 is 5.32 Å². The van der Waals surface area contributed by atoms with Crippen molar-refractivity contribution in [2.75, 3.05) is 0 Å². The molecule has 0 spiro atoms. The van der Waals surface area contributed by atoms with Crippen LogP contribution in [0.1, 0.15) is 38.2 Å². The van der Waals surface area contributed by atoms with Crippen LogP contribution in [-0.2, 0) is 4.79 Å². The van der Waals surface area contributed by atoms with Gasteiger partial charge in [-0.1, -0.05) is 37.3 Å². The molecule has 2 heteroatoms. The van der Waals surface area contributed by atoms with Crippen molar-refractivity contribution in [1.82, 2.24) is 5.32 Å². The highest BCUT2D eigenvalue weighted by Gasteiger charge is 2.43. The molecule has 1 N–H and O–H groups in total. The molecule has 2 rings (SSSR count). The summed E-state index contributed by atoms with van der Waals surface area (Å²) in [4.78, 5) is 11.8. The quantitative estimate of drug-likeness (QED) is 0.825. The Kier molecular flexibility index (Phi) is 3.28. The average molecular weight is 217 g/mol. The van der Waals surface area contributed by atoms with Gasteiger partial charge in [-0.2, -0.15) is 0 Å². The van der Waals surface area contributed by atoms with Crippen LogP contribution in [0.4, 0.5) is 0 Å². The lowest BCUT2D eigenvalue weighted by atomic mass is 10.1. The van der Waals surface area contributed by atoms with Crippen molar-refractivity contribution >= 4 is 5.91 Å². The molecule has 16 heavy (non-hydrogen) atoms. The predicted molar refractivity (Wildman–Crippen MR) is 65.2 cm³/mol. The van der Waals surface area contributed by atoms with Crippen LogP contribution in [0, 0.1) is 5.92 Å². The first-order chi connectivity index (χ1) is 7.72. The van der Waals surface area contributed by atoms with Gasteiger partial charge in [0, 0.05) is 12.0 Å². The zero-order valence-electron chi connectivity index (χ0n) is 9.94. The number of carbonyl (C=O) groups excluding carboxylic acids is 1. The van der Waals surface area contributed by atoms with E-state index in [1.807, 2.05) is 18.2 Å². The van der Waals surface area contributed by atoms with Crippen molar-refractivity contribution in [2.24, 2.45) is 5.92 Å². The summed E-state index contributed by atoms with van der Waals surface area (Å²) in [6.07, 6.45) is 2.00. The molecule has 1 fully saturated rings. The Morgan fingerprint density at radius 2 is 2.12 bits per heavy atom. The Labute approximate surface area is 97.1 Å². The van der Waals surface area contributed by atoms with Crippen molar-refractivity contribution in [2.45, 2.75) is 38.6 Å². The van der Waals surface area contributed by atoms with Crippen molar-refractivity contribution in [3.8, 4) is 0 Å². The Balaban J connectivity index is 1.89. The lowest BCUT2D eigenvalue weighted by Gasteiger charge is -2.10. The van der Waals surface area contributed by atoms with Gasteiger partial charge in [0.1, 0.15) is 0 Å². The largest absolute Gasteiger partial charge is 0.353 e. The molecule has 1 aliphatic rings. The summed E-state index contributed by atoms with van der Waals surface area (Å²) in [5, 5.41) is 3.05. The highest BCUT2D eigenvalue weighted by Crippen LogP contribution is 2.47. The van der Waals surface area contributed by atoms with Gasteiger partial charge in [0.05, 0.1) is 0 Å². The Bertz CT molecular complexity index is 360. The zero-order valence-corrected chi connectivity index (χ0v) is 9.94. The maximum atomic E-state index is 11.8. The second-order valence-electron chi connectivity index (χ2n) is 4.68. The highest BCUT2D eigenvalue weighted by atomic mass is 16.2. The Morgan fingerprint density at radius 1 is 1.44 bits per heavy atom. The van der Waals surface area contributed by atoms with Gasteiger partial charge >= 0.3 is 0 Å². The molecule has 3 unspecified atom stereocenters. The first-order valence-electron chi connectivity index (χ1n) is 6.07. The van der Waals surface area contributed by atoms with E-state index in [0.29, 0.717) is 12.0 Å². The molecule has 0 aromatic heterocycles. The first kappa shape index (κ1) is 11.2. The number of hydrogen-bond acceptors (Lipinski definition) is 1. The third kappa shape index (κ3) is 2.43. The fourth-order valence-electron chi connectivity index (χ4n) is 2.01. The van der Waals surface area contributed by atoms with E-state index in [1.165, 1.54) is 5.56 Å². The predicted octanol–water partition coefficient (Wildman–Crippen LogP) is 2.70. The van der Waals surface area contributed by atoms with Crippen LogP contribution >= 0.6 is 0 Å². The van der Waals surface area contributed by atoms with Gasteiger partial charge < -0.3 is 5.32 Å². The molecule has 1 amide bonds. The molecular weight excluding hydrogens is 198 g/mol. The molecule has 1 aromatic rings. The van der Waals surface area contributed by atoms with Crippen LogP contribution in [-0.4, -0.2) is 11.9 Å². The highest BCUT2D eigenvalue weighted by molar-refractivity contribution is 5.83. The molecule has 0 bridgehead atoms. The maximum absolute atomic E-state index is 11.8. The van der Waals surface area contributed by atoms with Gasteiger partial charge in [0.2, 0.25) is 5.91 Å². The number of nitrogens with one attached hydrogen (secondary N) is 1. The third-order valence-electron chi connectivity index (χ3n) is 3.36. The molecule has 0 heterocycles. The lowest BCUT2D eigenvalue weighted by molar-refractivity contribution is -0.123. The van der Waals surface area contributed by atoms with Crippen LogP contribution in [0.5, 0.6) is 0 Å². The number of carbonyl (C=O) groups is 1. The molecule has 2 nitrogen and oxygen atoms in total. The summed E-state index contributed by atoms with van der Waals surface area (Å²) in [6.45, 7) is 4.14. The Morgan fingerprint density at radius 3 is 2.75 bits per heavy atom. The fourth-order valence-corrected chi connectivity index (χ4v) is 2.01. The van der Waals surface area contributed by atoms with Crippen LogP contribution in [0.2, 0.25) is 0 Å². The number of benzene rings is 1. The Hall–Kier alpha value is -1.31. The van der Waals surface area contributed by atoms with Gasteiger partial charge in [-0.05, 0) is 31.2 Å². The molecular formula is C14H19NO. The fraction of sp³-hybridized carbons (Fsp3) is 0.500. The smallest absolute Gasteiger partial charge is 0.223 e. The van der Waals surface area contributed by atoms with E-state index < -0.39 is 0 Å². The van der Waals surface area contributed by atoms with E-state index in [-0.39, 0.29) is 11.8 Å². The maximum Gasteiger partial charge on any atom is 0.223 e. The summed E-state index contributed by atoms with van der Waals surface area (Å²) in [5.41, 5.74) is 1.30. The number of rotatable bonds is 4. The molecule has 1 aliphatic carbocycles. The van der Waals surface area contributed by atoms with E-state index >= 15 is 0 Å². The normalized spacial score (nSPS) is 24.9. The number of amides is 1. The first-order valence-corrected chi connectivity index (χ1v) is 6.07. The van der Waals surface area contributed by atoms with E-state index in [2.05, 4.69) is 31.3 Å². The van der Waals surface area contributed by atoms with Gasteiger partial charge in [0.15, 0.2) is 0 Å². The molecule has 1 saturated carbocycles. The summed E-state index contributed by atoms with van der Waals surface area (Å²) >= 11 is 0. The second kappa shape index (κ2) is 4.69. The molecule has 3 atom stereocenters. The molecule has 0 saturated heterocycles. The van der Waals surface area contributed by atoms with Crippen LogP contribution in [0.3, 0.4) is 0 Å². The molecule has 1 aromatic carbocycles. The minimum absolute atomic E-state index is 0.205. The second-order valence-corrected chi connectivity index (χ2v) is 4.68. The minimum Gasteiger partial charge on any atom is -0.353 e. The monoisotopic (exact) mass is 217 g/mol. The van der Waals surface area contributed by atoms with E-state index in [1.54, 1.807) is 0 Å². The van der Waals surface area contributed by atoms with Crippen molar-refractivity contribution in [3.05, 3.63) is 35.9 Å². The van der Waals surface area contributed by atoms with Gasteiger partial charge in [-0.15, -0.1) is 0 Å². The van der Waals surface area contributed by atoms with Gasteiger partial charge in [0.25, 0.3) is 0 Å². The van der Waals surface area contributed by atoms with Gasteiger partial charge in [-0.3, -0.25) is 4.79 Å². The number of hydrogen-bond donors (Lipinski definition) is 1. The van der Waals surface area contributed by atoms with Crippen molar-refractivity contribution in [1.29, 1.82) is 0 Å². The molecule has 0 aliphatic heterocycles. The lowest BCUT2D eigenvalue weighted by Crippen LogP contribution is -2.33. The van der Waals surface area contributed by atoms with Crippen molar-refractivity contribution in [3.63, 3.8) is 0 Å². The van der Waals surface area contributed by atoms with Crippen LogP contribution in [0.25, 0.3) is 0 Å². The van der Waals surface area contributed by atoms with E-state index in [9.17, 15) is 4.79 Å².